The number of para-hydroxylation sites is 1. The van der Waals surface area contributed by atoms with E-state index < -0.39 is 21.7 Å². The largest absolute Gasteiger partial charge is 0.443 e. The van der Waals surface area contributed by atoms with Crippen LogP contribution >= 0.6 is 0 Å². The highest BCUT2D eigenvalue weighted by molar-refractivity contribution is 7.89. The van der Waals surface area contributed by atoms with Crippen molar-refractivity contribution in [2.75, 3.05) is 0 Å². The van der Waals surface area contributed by atoms with E-state index in [2.05, 4.69) is 4.72 Å². The number of hydrogen-bond donors (Lipinski definition) is 1. The summed E-state index contributed by atoms with van der Waals surface area (Å²) in [5.41, 5.74) is 1.96. The Labute approximate surface area is 196 Å². The molecule has 7 heteroatoms. The van der Waals surface area contributed by atoms with Crippen molar-refractivity contribution in [3.63, 3.8) is 0 Å². The SMILES string of the molecule is Cc1ccc(-c2cc3ccccc3n2C(=O)OC(C)(C)C)cc1S(=O)(=O)NC1CCCCC1. The highest BCUT2D eigenvalue weighted by Crippen LogP contribution is 2.32. The Morgan fingerprint density at radius 3 is 2.42 bits per heavy atom. The van der Waals surface area contributed by atoms with Crippen molar-refractivity contribution in [2.45, 2.75) is 76.3 Å². The topological polar surface area (TPSA) is 77.4 Å². The van der Waals surface area contributed by atoms with Gasteiger partial charge in [0.25, 0.3) is 0 Å². The minimum Gasteiger partial charge on any atom is -0.443 e. The van der Waals surface area contributed by atoms with E-state index in [1.54, 1.807) is 19.1 Å². The molecule has 1 aliphatic carbocycles. The molecule has 0 spiro atoms. The molecule has 0 atom stereocenters. The van der Waals surface area contributed by atoms with Gasteiger partial charge in [0.15, 0.2) is 0 Å². The molecule has 0 aliphatic heterocycles. The smallest absolute Gasteiger partial charge is 0.419 e. The number of rotatable bonds is 4. The van der Waals surface area contributed by atoms with Crippen LogP contribution in [0.3, 0.4) is 0 Å². The van der Waals surface area contributed by atoms with Gasteiger partial charge in [-0.2, -0.15) is 0 Å². The molecule has 0 saturated heterocycles. The van der Waals surface area contributed by atoms with Crippen molar-refractivity contribution in [3.05, 3.63) is 54.1 Å². The van der Waals surface area contributed by atoms with Crippen LogP contribution in [0.2, 0.25) is 0 Å². The first-order valence-electron chi connectivity index (χ1n) is 11.5. The van der Waals surface area contributed by atoms with Crippen molar-refractivity contribution in [3.8, 4) is 11.3 Å². The monoisotopic (exact) mass is 468 g/mol. The fraction of sp³-hybridized carbons (Fsp3) is 0.423. The van der Waals surface area contributed by atoms with Gasteiger partial charge in [0, 0.05) is 17.0 Å². The molecule has 6 nitrogen and oxygen atoms in total. The summed E-state index contributed by atoms with van der Waals surface area (Å²) >= 11 is 0. The van der Waals surface area contributed by atoms with Crippen molar-refractivity contribution in [1.29, 1.82) is 0 Å². The lowest BCUT2D eigenvalue weighted by Crippen LogP contribution is -2.36. The second kappa shape index (κ2) is 8.95. The third-order valence-corrected chi connectivity index (χ3v) is 7.65. The van der Waals surface area contributed by atoms with E-state index in [9.17, 15) is 13.2 Å². The summed E-state index contributed by atoms with van der Waals surface area (Å²) in [6.07, 6.45) is 4.48. The molecule has 2 aromatic carbocycles. The van der Waals surface area contributed by atoms with E-state index in [0.717, 1.165) is 37.5 Å². The molecular formula is C26H32N2O4S. The van der Waals surface area contributed by atoms with Gasteiger partial charge in [-0.1, -0.05) is 49.6 Å². The third-order valence-electron chi connectivity index (χ3n) is 5.99. The molecule has 1 saturated carbocycles. The second-order valence-electron chi connectivity index (χ2n) is 9.84. The lowest BCUT2D eigenvalue weighted by Gasteiger charge is -2.23. The number of aromatic nitrogens is 1. The molecular weight excluding hydrogens is 436 g/mol. The average molecular weight is 469 g/mol. The Hall–Kier alpha value is -2.64. The Kier molecular flexibility index (Phi) is 6.38. The molecule has 1 fully saturated rings. The molecule has 1 aliphatic rings. The van der Waals surface area contributed by atoms with E-state index in [0.29, 0.717) is 22.3 Å². The Morgan fingerprint density at radius 1 is 1.03 bits per heavy atom. The van der Waals surface area contributed by atoms with Gasteiger partial charge in [0.05, 0.1) is 16.1 Å². The highest BCUT2D eigenvalue weighted by Gasteiger charge is 2.26. The predicted molar refractivity (Wildman–Crippen MR) is 131 cm³/mol. The van der Waals surface area contributed by atoms with Crippen LogP contribution < -0.4 is 4.72 Å². The Bertz CT molecular complexity index is 1280. The molecule has 1 N–H and O–H groups in total. The third kappa shape index (κ3) is 5.14. The maximum absolute atomic E-state index is 13.3. The van der Waals surface area contributed by atoms with Crippen molar-refractivity contribution < 1.29 is 17.9 Å². The quantitative estimate of drug-likeness (QED) is 0.509. The Balaban J connectivity index is 1.79. The number of carbonyl (C=O) groups is 1. The average Bonchev–Trinajstić information content (AvgIpc) is 3.13. The van der Waals surface area contributed by atoms with Gasteiger partial charge in [-0.05, 0) is 64.3 Å². The van der Waals surface area contributed by atoms with Crippen molar-refractivity contribution in [1.82, 2.24) is 9.29 Å². The minimum atomic E-state index is -3.69. The maximum atomic E-state index is 13.3. The summed E-state index contributed by atoms with van der Waals surface area (Å²) < 4.78 is 36.6. The van der Waals surface area contributed by atoms with Gasteiger partial charge in [0.1, 0.15) is 5.60 Å². The number of fused-ring (bicyclic) bond motifs is 1. The lowest BCUT2D eigenvalue weighted by molar-refractivity contribution is 0.0547. The summed E-state index contributed by atoms with van der Waals surface area (Å²) in [6.45, 7) is 7.26. The first kappa shape index (κ1) is 23.5. The van der Waals surface area contributed by atoms with E-state index >= 15 is 0 Å². The van der Waals surface area contributed by atoms with Crippen LogP contribution in [-0.2, 0) is 14.8 Å². The van der Waals surface area contributed by atoms with Crippen LogP contribution in [0.5, 0.6) is 0 Å². The van der Waals surface area contributed by atoms with Crippen LogP contribution in [0.15, 0.2) is 53.4 Å². The first-order chi connectivity index (χ1) is 15.5. The molecule has 0 bridgehead atoms. The normalized spacial score (nSPS) is 15.6. The summed E-state index contributed by atoms with van der Waals surface area (Å²) in [5.74, 6) is 0. The Morgan fingerprint density at radius 2 is 1.73 bits per heavy atom. The molecule has 0 amide bonds. The fourth-order valence-electron chi connectivity index (χ4n) is 4.42. The van der Waals surface area contributed by atoms with Crippen LogP contribution in [-0.4, -0.2) is 30.7 Å². The summed E-state index contributed by atoms with van der Waals surface area (Å²) in [7, 11) is -3.69. The van der Waals surface area contributed by atoms with Crippen molar-refractivity contribution in [2.24, 2.45) is 0 Å². The zero-order valence-corrected chi connectivity index (χ0v) is 20.5. The number of sulfonamides is 1. The van der Waals surface area contributed by atoms with E-state index in [4.69, 9.17) is 4.74 Å². The number of carbonyl (C=O) groups excluding carboxylic acids is 1. The van der Waals surface area contributed by atoms with Gasteiger partial charge in [-0.25, -0.2) is 22.5 Å². The highest BCUT2D eigenvalue weighted by atomic mass is 32.2. The maximum Gasteiger partial charge on any atom is 0.419 e. The standard InChI is InChI=1S/C26H32N2O4S/c1-18-14-15-20(17-24(18)33(30,31)27-21-11-6-5-7-12-21)23-16-19-10-8-9-13-22(19)28(23)25(29)32-26(2,3)4/h8-10,13-17,21,27H,5-7,11-12H2,1-4H3. The van der Waals surface area contributed by atoms with Gasteiger partial charge in [-0.3, -0.25) is 0 Å². The molecule has 1 aromatic heterocycles. The minimum absolute atomic E-state index is 0.0278. The number of nitrogens with one attached hydrogen (secondary N) is 1. The summed E-state index contributed by atoms with van der Waals surface area (Å²) in [6, 6.07) is 14.7. The summed E-state index contributed by atoms with van der Waals surface area (Å²) in [5, 5.41) is 0.878. The van der Waals surface area contributed by atoms with Gasteiger partial charge in [-0.15, -0.1) is 0 Å². The number of aryl methyl sites for hydroxylation is 1. The molecule has 4 rings (SSSR count). The molecule has 33 heavy (non-hydrogen) atoms. The molecule has 3 aromatic rings. The second-order valence-corrected chi connectivity index (χ2v) is 11.5. The summed E-state index contributed by atoms with van der Waals surface area (Å²) in [4.78, 5) is 13.4. The molecule has 0 radical (unpaired) electrons. The first-order valence-corrected chi connectivity index (χ1v) is 13.0. The van der Waals surface area contributed by atoms with E-state index in [-0.39, 0.29) is 10.9 Å². The van der Waals surface area contributed by atoms with E-state index in [1.165, 1.54) is 4.57 Å². The lowest BCUT2D eigenvalue weighted by atomic mass is 9.96. The number of hydrogen-bond acceptors (Lipinski definition) is 4. The van der Waals surface area contributed by atoms with Crippen molar-refractivity contribution >= 4 is 27.0 Å². The van der Waals surface area contributed by atoms with Crippen LogP contribution in [0, 0.1) is 6.92 Å². The van der Waals surface area contributed by atoms with Crippen LogP contribution in [0.1, 0.15) is 58.4 Å². The fourth-order valence-corrected chi connectivity index (χ4v) is 6.00. The predicted octanol–water partition coefficient (Wildman–Crippen LogP) is 6.01. The molecule has 176 valence electrons. The van der Waals surface area contributed by atoms with Crippen LogP contribution in [0.4, 0.5) is 4.79 Å². The van der Waals surface area contributed by atoms with Gasteiger partial charge >= 0.3 is 6.09 Å². The molecule has 1 heterocycles. The van der Waals surface area contributed by atoms with Crippen LogP contribution in [0.25, 0.3) is 22.2 Å². The molecule has 0 unspecified atom stereocenters. The number of benzene rings is 2. The number of ether oxygens (including phenoxy) is 1. The van der Waals surface area contributed by atoms with Gasteiger partial charge < -0.3 is 4.74 Å². The zero-order chi connectivity index (χ0) is 23.8. The van der Waals surface area contributed by atoms with Gasteiger partial charge in [0.2, 0.25) is 10.0 Å². The number of nitrogens with zero attached hydrogens (tertiary/aromatic N) is 1. The van der Waals surface area contributed by atoms with E-state index in [1.807, 2.05) is 57.2 Å². The zero-order valence-electron chi connectivity index (χ0n) is 19.7.